The summed E-state index contributed by atoms with van der Waals surface area (Å²) in [5, 5.41) is 8.09. The largest absolute Gasteiger partial charge is 0.477 e. The molecule has 1 saturated heterocycles. The van der Waals surface area contributed by atoms with Crippen molar-refractivity contribution in [1.29, 1.82) is 0 Å². The second-order valence-electron chi connectivity index (χ2n) is 6.28. The van der Waals surface area contributed by atoms with Gasteiger partial charge in [0.2, 0.25) is 5.88 Å². The van der Waals surface area contributed by atoms with Gasteiger partial charge in [-0.3, -0.25) is 4.90 Å². The van der Waals surface area contributed by atoms with Crippen LogP contribution >= 0.6 is 0 Å². The van der Waals surface area contributed by atoms with E-state index < -0.39 is 0 Å². The van der Waals surface area contributed by atoms with E-state index in [1.807, 2.05) is 25.5 Å². The maximum atomic E-state index is 5.92. The van der Waals surface area contributed by atoms with Gasteiger partial charge in [-0.05, 0) is 45.7 Å². The number of ether oxygens (including phenoxy) is 1. The van der Waals surface area contributed by atoms with Gasteiger partial charge in [-0.2, -0.15) is 0 Å². The fraction of sp³-hybridized carbons (Fsp3) is 0.625. The predicted octanol–water partition coefficient (Wildman–Crippen LogP) is 1.51. The van der Waals surface area contributed by atoms with Crippen molar-refractivity contribution in [3.05, 3.63) is 29.7 Å². The third kappa shape index (κ3) is 3.85. The Labute approximate surface area is 136 Å². The number of hydrogen-bond donors (Lipinski definition) is 0. The molecule has 0 aromatic carbocycles. The van der Waals surface area contributed by atoms with Crippen molar-refractivity contribution in [3.63, 3.8) is 0 Å². The van der Waals surface area contributed by atoms with Gasteiger partial charge in [0.15, 0.2) is 0 Å². The lowest BCUT2D eigenvalue weighted by Crippen LogP contribution is -2.35. The molecule has 1 aliphatic heterocycles. The second kappa shape index (κ2) is 7.04. The number of hydrogen-bond acceptors (Lipinski definition) is 6. The predicted molar refractivity (Wildman–Crippen MR) is 86.0 cm³/mol. The number of rotatable bonds is 5. The highest BCUT2D eigenvalue weighted by Crippen LogP contribution is 2.21. The topological polar surface area (TPSA) is 69.0 Å². The van der Waals surface area contributed by atoms with E-state index in [4.69, 9.17) is 4.74 Å². The number of likely N-dealkylation sites (tertiary alicyclic amines) is 1. The molecule has 0 atom stereocenters. The summed E-state index contributed by atoms with van der Waals surface area (Å²) in [4.78, 5) is 10.8. The van der Waals surface area contributed by atoms with Crippen molar-refractivity contribution in [1.82, 2.24) is 29.6 Å². The molecule has 7 heteroatoms. The van der Waals surface area contributed by atoms with Crippen molar-refractivity contribution in [3.8, 4) is 5.88 Å². The molecule has 1 aliphatic rings. The van der Waals surface area contributed by atoms with Crippen molar-refractivity contribution >= 4 is 0 Å². The van der Waals surface area contributed by atoms with Gasteiger partial charge in [-0.25, -0.2) is 9.97 Å². The lowest BCUT2D eigenvalue weighted by Gasteiger charge is -2.31. The highest BCUT2D eigenvalue weighted by molar-refractivity contribution is 5.26. The molecule has 0 saturated carbocycles. The van der Waals surface area contributed by atoms with E-state index in [1.165, 1.54) is 0 Å². The van der Waals surface area contributed by atoms with E-state index in [0.717, 1.165) is 62.0 Å². The Balaban J connectivity index is 1.46. The average molecular weight is 316 g/mol. The minimum atomic E-state index is 0.584. The molecule has 124 valence electrons. The molecule has 0 N–H and O–H groups in total. The molecule has 0 spiro atoms. The molecule has 2 aromatic rings. The molecule has 0 bridgehead atoms. The van der Waals surface area contributed by atoms with Crippen LogP contribution in [-0.4, -0.2) is 49.3 Å². The molecule has 2 aromatic heterocycles. The van der Waals surface area contributed by atoms with E-state index >= 15 is 0 Å². The average Bonchev–Trinajstić information content (AvgIpc) is 2.95. The molecule has 0 radical (unpaired) electrons. The summed E-state index contributed by atoms with van der Waals surface area (Å²) in [6, 6.07) is 0. The van der Waals surface area contributed by atoms with Crippen LogP contribution in [0.4, 0.5) is 0 Å². The van der Waals surface area contributed by atoms with Gasteiger partial charge in [-0.15, -0.1) is 10.2 Å². The summed E-state index contributed by atoms with van der Waals surface area (Å²) < 4.78 is 7.90. The fourth-order valence-electron chi connectivity index (χ4n) is 2.82. The third-order valence-electron chi connectivity index (χ3n) is 4.62. The normalized spacial score (nSPS) is 16.7. The summed E-state index contributed by atoms with van der Waals surface area (Å²) in [7, 11) is 1.99. The van der Waals surface area contributed by atoms with Gasteiger partial charge < -0.3 is 9.30 Å². The number of piperidine rings is 1. The minimum Gasteiger partial charge on any atom is -0.477 e. The van der Waals surface area contributed by atoms with Gasteiger partial charge in [0.1, 0.15) is 18.5 Å². The van der Waals surface area contributed by atoms with Crippen molar-refractivity contribution in [2.45, 2.75) is 33.2 Å². The van der Waals surface area contributed by atoms with Crippen LogP contribution in [0.1, 0.15) is 29.9 Å². The van der Waals surface area contributed by atoms with E-state index in [9.17, 15) is 0 Å². The highest BCUT2D eigenvalue weighted by atomic mass is 16.5. The molecular weight excluding hydrogens is 292 g/mol. The summed E-state index contributed by atoms with van der Waals surface area (Å²) >= 11 is 0. The monoisotopic (exact) mass is 316 g/mol. The van der Waals surface area contributed by atoms with E-state index in [0.29, 0.717) is 5.92 Å². The molecule has 0 unspecified atom stereocenters. The fourth-order valence-corrected chi connectivity index (χ4v) is 2.82. The lowest BCUT2D eigenvalue weighted by molar-refractivity contribution is 0.131. The Hall–Kier alpha value is -2.02. The Morgan fingerprint density at radius 1 is 1.22 bits per heavy atom. The van der Waals surface area contributed by atoms with Gasteiger partial charge in [-0.1, -0.05) is 0 Å². The maximum absolute atomic E-state index is 5.92. The summed E-state index contributed by atoms with van der Waals surface area (Å²) in [6.45, 7) is 7.73. The first kappa shape index (κ1) is 15.9. The van der Waals surface area contributed by atoms with E-state index in [2.05, 4.69) is 25.1 Å². The van der Waals surface area contributed by atoms with E-state index in [-0.39, 0.29) is 0 Å². The molecule has 0 aliphatic carbocycles. The smallest absolute Gasteiger partial charge is 0.219 e. The molecule has 23 heavy (non-hydrogen) atoms. The minimum absolute atomic E-state index is 0.584. The second-order valence-corrected chi connectivity index (χ2v) is 6.28. The van der Waals surface area contributed by atoms with Crippen molar-refractivity contribution in [2.75, 3.05) is 19.7 Å². The molecular formula is C16H24N6O. The highest BCUT2D eigenvalue weighted by Gasteiger charge is 2.21. The zero-order chi connectivity index (χ0) is 16.2. The van der Waals surface area contributed by atoms with Gasteiger partial charge in [0.25, 0.3) is 0 Å². The molecule has 3 rings (SSSR count). The zero-order valence-corrected chi connectivity index (χ0v) is 14.1. The third-order valence-corrected chi connectivity index (χ3v) is 4.62. The molecule has 7 nitrogen and oxygen atoms in total. The SMILES string of the molecule is Cc1ncnc(OCC2CCN(Cc3nncn3C)CC2)c1C. The Morgan fingerprint density at radius 3 is 2.70 bits per heavy atom. The van der Waals surface area contributed by atoms with Crippen LogP contribution < -0.4 is 4.74 Å². The maximum Gasteiger partial charge on any atom is 0.219 e. The Morgan fingerprint density at radius 2 is 2.00 bits per heavy atom. The van der Waals surface area contributed by atoms with Gasteiger partial charge in [0, 0.05) is 18.3 Å². The Kier molecular flexibility index (Phi) is 4.85. The van der Waals surface area contributed by atoms with Crippen molar-refractivity contribution in [2.24, 2.45) is 13.0 Å². The number of aryl methyl sites for hydroxylation is 2. The van der Waals surface area contributed by atoms with Crippen LogP contribution in [0.2, 0.25) is 0 Å². The first-order valence-electron chi connectivity index (χ1n) is 8.09. The molecule has 1 fully saturated rings. The lowest BCUT2D eigenvalue weighted by atomic mass is 9.98. The summed E-state index contributed by atoms with van der Waals surface area (Å²) in [5.74, 6) is 2.33. The van der Waals surface area contributed by atoms with Crippen LogP contribution in [0.5, 0.6) is 5.88 Å². The quantitative estimate of drug-likeness (QED) is 0.833. The zero-order valence-electron chi connectivity index (χ0n) is 14.1. The van der Waals surface area contributed by atoms with Crippen LogP contribution in [-0.2, 0) is 13.6 Å². The van der Waals surface area contributed by atoms with Crippen LogP contribution in [0.25, 0.3) is 0 Å². The summed E-state index contributed by atoms with van der Waals surface area (Å²) in [5.41, 5.74) is 2.01. The molecule has 3 heterocycles. The number of nitrogens with zero attached hydrogens (tertiary/aromatic N) is 6. The first-order chi connectivity index (χ1) is 11.1. The first-order valence-corrected chi connectivity index (χ1v) is 8.09. The summed E-state index contributed by atoms with van der Waals surface area (Å²) in [6.07, 6.45) is 5.60. The van der Waals surface area contributed by atoms with Crippen molar-refractivity contribution < 1.29 is 4.74 Å². The van der Waals surface area contributed by atoms with Gasteiger partial charge in [0.05, 0.1) is 13.2 Å². The Bertz CT molecular complexity index is 648. The molecule has 0 amide bonds. The van der Waals surface area contributed by atoms with E-state index in [1.54, 1.807) is 12.7 Å². The standard InChI is InChI=1S/C16H24N6O/c1-12-13(2)17-10-18-16(12)23-9-14-4-6-22(7-5-14)8-15-20-19-11-21(15)3/h10-11,14H,4-9H2,1-3H3. The van der Waals surface area contributed by atoms with Crippen LogP contribution in [0, 0.1) is 19.8 Å². The van der Waals surface area contributed by atoms with Crippen LogP contribution in [0.15, 0.2) is 12.7 Å². The van der Waals surface area contributed by atoms with Crippen LogP contribution in [0.3, 0.4) is 0 Å². The number of aromatic nitrogens is 5. The van der Waals surface area contributed by atoms with Gasteiger partial charge >= 0.3 is 0 Å².